The SMILES string of the molecule is CCNC(CC1CCOCC1)c1ccc(F)c(F)c1. The van der Waals surface area contributed by atoms with Crippen LogP contribution in [0.4, 0.5) is 8.78 Å². The first-order valence-electron chi connectivity index (χ1n) is 6.96. The Morgan fingerprint density at radius 1 is 1.26 bits per heavy atom. The number of hydrogen-bond donors (Lipinski definition) is 1. The Kier molecular flexibility index (Phi) is 5.28. The van der Waals surface area contributed by atoms with Gasteiger partial charge in [0.2, 0.25) is 0 Å². The summed E-state index contributed by atoms with van der Waals surface area (Å²) in [5.74, 6) is -0.969. The lowest BCUT2D eigenvalue weighted by atomic mass is 9.89. The summed E-state index contributed by atoms with van der Waals surface area (Å²) in [6.45, 7) is 4.45. The quantitative estimate of drug-likeness (QED) is 0.884. The standard InChI is InChI=1S/C15H21F2NO/c1-2-18-15(9-11-5-7-19-8-6-11)12-3-4-13(16)14(17)10-12/h3-4,10-11,15,18H,2,5-9H2,1H3. The molecule has 0 aromatic heterocycles. The van der Waals surface area contributed by atoms with Gasteiger partial charge in [0, 0.05) is 19.3 Å². The van der Waals surface area contributed by atoms with E-state index < -0.39 is 11.6 Å². The van der Waals surface area contributed by atoms with Crippen molar-refractivity contribution < 1.29 is 13.5 Å². The number of ether oxygens (including phenoxy) is 1. The molecule has 0 saturated carbocycles. The number of halogens is 2. The highest BCUT2D eigenvalue weighted by molar-refractivity contribution is 5.21. The van der Waals surface area contributed by atoms with Crippen molar-refractivity contribution >= 4 is 0 Å². The van der Waals surface area contributed by atoms with Gasteiger partial charge in [0.05, 0.1) is 0 Å². The molecule has 1 saturated heterocycles. The van der Waals surface area contributed by atoms with Gasteiger partial charge in [-0.2, -0.15) is 0 Å². The molecule has 2 rings (SSSR count). The number of nitrogens with one attached hydrogen (secondary N) is 1. The lowest BCUT2D eigenvalue weighted by molar-refractivity contribution is 0.0605. The van der Waals surface area contributed by atoms with Gasteiger partial charge in [-0.3, -0.25) is 0 Å². The number of benzene rings is 1. The van der Waals surface area contributed by atoms with Crippen LogP contribution in [0.5, 0.6) is 0 Å². The molecule has 0 aliphatic carbocycles. The van der Waals surface area contributed by atoms with Gasteiger partial charge >= 0.3 is 0 Å². The van der Waals surface area contributed by atoms with Gasteiger partial charge in [-0.05, 0) is 49.4 Å². The molecule has 106 valence electrons. The fraction of sp³-hybridized carbons (Fsp3) is 0.600. The van der Waals surface area contributed by atoms with Crippen molar-refractivity contribution in [3.8, 4) is 0 Å². The van der Waals surface area contributed by atoms with E-state index >= 15 is 0 Å². The number of hydrogen-bond acceptors (Lipinski definition) is 2. The van der Waals surface area contributed by atoms with E-state index in [1.54, 1.807) is 6.07 Å². The van der Waals surface area contributed by atoms with Crippen molar-refractivity contribution in [2.75, 3.05) is 19.8 Å². The molecule has 0 amide bonds. The van der Waals surface area contributed by atoms with Crippen molar-refractivity contribution in [3.05, 3.63) is 35.4 Å². The smallest absolute Gasteiger partial charge is 0.159 e. The highest BCUT2D eigenvalue weighted by Gasteiger charge is 2.20. The van der Waals surface area contributed by atoms with Crippen LogP contribution >= 0.6 is 0 Å². The zero-order chi connectivity index (χ0) is 13.7. The molecule has 0 spiro atoms. The molecule has 1 unspecified atom stereocenters. The van der Waals surface area contributed by atoms with Crippen molar-refractivity contribution in [1.82, 2.24) is 5.32 Å². The zero-order valence-corrected chi connectivity index (χ0v) is 11.3. The van der Waals surface area contributed by atoms with Gasteiger partial charge in [-0.15, -0.1) is 0 Å². The van der Waals surface area contributed by atoms with E-state index in [9.17, 15) is 8.78 Å². The Hall–Kier alpha value is -1.00. The van der Waals surface area contributed by atoms with E-state index in [1.807, 2.05) is 6.92 Å². The van der Waals surface area contributed by atoms with Gasteiger partial charge in [0.25, 0.3) is 0 Å². The lowest BCUT2D eigenvalue weighted by Gasteiger charge is -2.27. The molecular weight excluding hydrogens is 248 g/mol. The topological polar surface area (TPSA) is 21.3 Å². The average Bonchev–Trinajstić information content (AvgIpc) is 2.43. The second-order valence-corrected chi connectivity index (χ2v) is 5.08. The van der Waals surface area contributed by atoms with Gasteiger partial charge in [-0.1, -0.05) is 13.0 Å². The van der Waals surface area contributed by atoms with Crippen LogP contribution in [0.2, 0.25) is 0 Å². The third kappa shape index (κ3) is 3.98. The van der Waals surface area contributed by atoms with Crippen LogP contribution in [0.3, 0.4) is 0 Å². The molecule has 2 nitrogen and oxygen atoms in total. The average molecular weight is 269 g/mol. The molecule has 1 aliphatic heterocycles. The largest absolute Gasteiger partial charge is 0.381 e. The molecule has 1 atom stereocenters. The minimum Gasteiger partial charge on any atom is -0.381 e. The minimum atomic E-state index is -0.787. The summed E-state index contributed by atoms with van der Waals surface area (Å²) in [5, 5.41) is 3.36. The molecule has 1 aromatic carbocycles. The summed E-state index contributed by atoms with van der Waals surface area (Å²) in [4.78, 5) is 0. The maximum atomic E-state index is 13.3. The van der Waals surface area contributed by atoms with Crippen LogP contribution in [0, 0.1) is 17.6 Å². The maximum absolute atomic E-state index is 13.3. The third-order valence-electron chi connectivity index (χ3n) is 3.71. The fourth-order valence-electron chi connectivity index (χ4n) is 2.63. The molecule has 1 heterocycles. The molecule has 1 N–H and O–H groups in total. The van der Waals surface area contributed by atoms with E-state index in [1.165, 1.54) is 12.1 Å². The fourth-order valence-corrected chi connectivity index (χ4v) is 2.63. The van der Waals surface area contributed by atoms with Gasteiger partial charge < -0.3 is 10.1 Å². The van der Waals surface area contributed by atoms with Crippen molar-refractivity contribution in [2.45, 2.75) is 32.2 Å². The highest BCUT2D eigenvalue weighted by Crippen LogP contribution is 2.28. The Bertz CT molecular complexity index is 405. The predicted molar refractivity (Wildman–Crippen MR) is 70.9 cm³/mol. The first kappa shape index (κ1) is 14.4. The molecule has 1 aliphatic rings. The van der Waals surface area contributed by atoms with Crippen LogP contribution in [-0.2, 0) is 4.74 Å². The van der Waals surface area contributed by atoms with E-state index in [0.29, 0.717) is 5.92 Å². The molecule has 1 aromatic rings. The first-order valence-corrected chi connectivity index (χ1v) is 6.96. The van der Waals surface area contributed by atoms with Crippen LogP contribution in [0.25, 0.3) is 0 Å². The van der Waals surface area contributed by atoms with Crippen LogP contribution in [0.1, 0.15) is 37.8 Å². The zero-order valence-electron chi connectivity index (χ0n) is 11.3. The van der Waals surface area contributed by atoms with E-state index in [0.717, 1.165) is 44.6 Å². The summed E-state index contributed by atoms with van der Waals surface area (Å²) >= 11 is 0. The van der Waals surface area contributed by atoms with Gasteiger partial charge in [0.15, 0.2) is 11.6 Å². The van der Waals surface area contributed by atoms with Crippen molar-refractivity contribution in [1.29, 1.82) is 0 Å². The molecule has 0 bridgehead atoms. The van der Waals surface area contributed by atoms with E-state index in [-0.39, 0.29) is 6.04 Å². The van der Waals surface area contributed by atoms with Crippen molar-refractivity contribution in [2.24, 2.45) is 5.92 Å². The third-order valence-corrected chi connectivity index (χ3v) is 3.71. The highest BCUT2D eigenvalue weighted by atomic mass is 19.2. The minimum absolute atomic E-state index is 0.0863. The Morgan fingerprint density at radius 3 is 2.63 bits per heavy atom. The second-order valence-electron chi connectivity index (χ2n) is 5.08. The normalized spacial score (nSPS) is 18.5. The summed E-state index contributed by atoms with van der Waals surface area (Å²) in [6.07, 6.45) is 3.04. The van der Waals surface area contributed by atoms with Gasteiger partial charge in [0.1, 0.15) is 0 Å². The summed E-state index contributed by atoms with van der Waals surface area (Å²) in [5.41, 5.74) is 0.826. The summed E-state index contributed by atoms with van der Waals surface area (Å²) in [6, 6.07) is 4.27. The first-order chi connectivity index (χ1) is 9.20. The molecule has 4 heteroatoms. The maximum Gasteiger partial charge on any atom is 0.159 e. The van der Waals surface area contributed by atoms with Gasteiger partial charge in [-0.25, -0.2) is 8.78 Å². The monoisotopic (exact) mass is 269 g/mol. The Labute approximate surface area is 113 Å². The molecule has 1 fully saturated rings. The predicted octanol–water partition coefficient (Wildman–Crippen LogP) is 3.43. The summed E-state index contributed by atoms with van der Waals surface area (Å²) in [7, 11) is 0. The van der Waals surface area contributed by atoms with Crippen LogP contribution in [-0.4, -0.2) is 19.8 Å². The number of rotatable bonds is 5. The van der Waals surface area contributed by atoms with E-state index in [4.69, 9.17) is 4.74 Å². The molecule has 19 heavy (non-hydrogen) atoms. The second kappa shape index (κ2) is 6.96. The molecular formula is C15H21F2NO. The van der Waals surface area contributed by atoms with Crippen LogP contribution < -0.4 is 5.32 Å². The Balaban J connectivity index is 2.07. The lowest BCUT2D eigenvalue weighted by Crippen LogP contribution is -2.26. The molecule has 0 radical (unpaired) electrons. The van der Waals surface area contributed by atoms with E-state index in [2.05, 4.69) is 5.32 Å². The Morgan fingerprint density at radius 2 is 2.00 bits per heavy atom. The summed E-state index contributed by atoms with van der Waals surface area (Å²) < 4.78 is 31.7. The van der Waals surface area contributed by atoms with Crippen LogP contribution in [0.15, 0.2) is 18.2 Å². The van der Waals surface area contributed by atoms with Crippen molar-refractivity contribution in [3.63, 3.8) is 0 Å².